The summed E-state index contributed by atoms with van der Waals surface area (Å²) in [6.45, 7) is 0. The fraction of sp³-hybridized carbons (Fsp3) is 0. The van der Waals surface area contributed by atoms with Gasteiger partial charge in [-0.05, 0) is 12.1 Å². The first-order chi connectivity index (χ1) is 7.27. The molecule has 0 amide bonds. The molecule has 3 rings (SSSR count). The number of phenolic OH excluding ortho intramolecular Hbond substituents is 1. The molecule has 0 fully saturated rings. The van der Waals surface area contributed by atoms with Crippen LogP contribution in [-0.4, -0.2) is 5.11 Å². The minimum absolute atomic E-state index is 0.139. The number of aromatic hydroxyl groups is 1. The highest BCUT2D eigenvalue weighted by Crippen LogP contribution is 2.36. The molecule has 3 aromatic rings. The van der Waals surface area contributed by atoms with E-state index in [4.69, 9.17) is 16.0 Å². The van der Waals surface area contributed by atoms with Crippen molar-refractivity contribution in [3.8, 4) is 5.75 Å². The summed E-state index contributed by atoms with van der Waals surface area (Å²) in [5.41, 5.74) is 1.11. The molecule has 1 aromatic heterocycles. The molecule has 0 bridgehead atoms. The molecule has 0 atom stereocenters. The van der Waals surface area contributed by atoms with E-state index in [9.17, 15) is 5.11 Å². The molecular weight excluding hydrogens is 212 g/mol. The predicted octanol–water partition coefficient (Wildman–Crippen LogP) is 3.95. The lowest BCUT2D eigenvalue weighted by Crippen LogP contribution is -1.67. The molecule has 15 heavy (non-hydrogen) atoms. The van der Waals surface area contributed by atoms with Gasteiger partial charge in [-0.25, -0.2) is 0 Å². The van der Waals surface area contributed by atoms with Crippen molar-refractivity contribution < 1.29 is 9.52 Å². The van der Waals surface area contributed by atoms with Crippen molar-refractivity contribution in [2.45, 2.75) is 0 Å². The molecule has 1 N–H and O–H groups in total. The average molecular weight is 219 g/mol. The van der Waals surface area contributed by atoms with Crippen molar-refractivity contribution >= 4 is 33.5 Å². The smallest absolute Gasteiger partial charge is 0.177 e. The Labute approximate surface area is 90.7 Å². The molecule has 0 saturated heterocycles. The molecule has 0 aliphatic rings. The molecule has 3 heteroatoms. The molecule has 74 valence electrons. The largest absolute Gasteiger partial charge is 0.504 e. The summed E-state index contributed by atoms with van der Waals surface area (Å²) in [7, 11) is 0. The first-order valence-electron chi connectivity index (χ1n) is 4.56. The van der Waals surface area contributed by atoms with Crippen LogP contribution in [0.25, 0.3) is 21.9 Å². The predicted molar refractivity (Wildman–Crippen MR) is 60.4 cm³/mol. The Hall–Kier alpha value is -1.67. The maximum atomic E-state index is 9.63. The van der Waals surface area contributed by atoms with Crippen LogP contribution in [0.3, 0.4) is 0 Å². The van der Waals surface area contributed by atoms with Gasteiger partial charge in [0.15, 0.2) is 16.9 Å². The van der Waals surface area contributed by atoms with Crippen LogP contribution in [0.1, 0.15) is 0 Å². The van der Waals surface area contributed by atoms with Crippen LogP contribution in [0, 0.1) is 0 Å². The second-order valence-electron chi connectivity index (χ2n) is 3.37. The van der Waals surface area contributed by atoms with Gasteiger partial charge in [0.25, 0.3) is 0 Å². The molecule has 0 radical (unpaired) electrons. The van der Waals surface area contributed by atoms with E-state index < -0.39 is 0 Å². The van der Waals surface area contributed by atoms with Crippen LogP contribution in [0.15, 0.2) is 40.8 Å². The second-order valence-corrected chi connectivity index (χ2v) is 3.78. The number of benzene rings is 2. The zero-order valence-corrected chi connectivity index (χ0v) is 8.45. The molecular formula is C12H7ClO2. The average Bonchev–Trinajstić information content (AvgIpc) is 2.60. The Morgan fingerprint density at radius 2 is 1.60 bits per heavy atom. The number of para-hydroxylation sites is 2. The Morgan fingerprint density at radius 3 is 2.40 bits per heavy atom. The summed E-state index contributed by atoms with van der Waals surface area (Å²) >= 11 is 6.01. The third-order valence-electron chi connectivity index (χ3n) is 2.46. The summed E-state index contributed by atoms with van der Waals surface area (Å²) in [5, 5.41) is 12.0. The Bertz CT molecular complexity index is 599. The third kappa shape index (κ3) is 1.12. The first-order valence-corrected chi connectivity index (χ1v) is 4.94. The van der Waals surface area contributed by atoms with E-state index in [0.29, 0.717) is 16.2 Å². The van der Waals surface area contributed by atoms with Crippen LogP contribution >= 0.6 is 11.6 Å². The molecule has 0 aliphatic carbocycles. The molecule has 1 heterocycles. The monoisotopic (exact) mass is 218 g/mol. The van der Waals surface area contributed by atoms with Crippen LogP contribution in [0.5, 0.6) is 5.75 Å². The zero-order chi connectivity index (χ0) is 10.4. The Kier molecular flexibility index (Phi) is 1.67. The molecule has 2 aromatic carbocycles. The maximum Gasteiger partial charge on any atom is 0.177 e. The summed E-state index contributed by atoms with van der Waals surface area (Å²) < 4.78 is 5.53. The number of furan rings is 1. The highest BCUT2D eigenvalue weighted by molar-refractivity contribution is 6.35. The minimum atomic E-state index is 0.139. The Morgan fingerprint density at radius 1 is 0.933 bits per heavy atom. The number of phenols is 1. The number of fused-ring (bicyclic) bond motifs is 3. The van der Waals surface area contributed by atoms with Crippen LogP contribution < -0.4 is 0 Å². The van der Waals surface area contributed by atoms with Gasteiger partial charge in [0.05, 0.1) is 5.02 Å². The molecule has 0 spiro atoms. The van der Waals surface area contributed by atoms with E-state index in [1.165, 1.54) is 0 Å². The lowest BCUT2D eigenvalue weighted by atomic mass is 10.1. The summed E-state index contributed by atoms with van der Waals surface area (Å²) in [4.78, 5) is 0. The Balaban J connectivity index is 2.63. The maximum absolute atomic E-state index is 9.63. The number of hydrogen-bond acceptors (Lipinski definition) is 2. The van der Waals surface area contributed by atoms with Crippen LogP contribution in [0.4, 0.5) is 0 Å². The molecule has 0 saturated carbocycles. The van der Waals surface area contributed by atoms with Gasteiger partial charge in [0.2, 0.25) is 0 Å². The van der Waals surface area contributed by atoms with Gasteiger partial charge in [0.1, 0.15) is 0 Å². The number of rotatable bonds is 0. The third-order valence-corrected chi connectivity index (χ3v) is 2.75. The van der Waals surface area contributed by atoms with Crippen LogP contribution in [-0.2, 0) is 0 Å². The summed E-state index contributed by atoms with van der Waals surface area (Å²) in [5.74, 6) is 0.139. The van der Waals surface area contributed by atoms with E-state index in [1.807, 2.05) is 18.2 Å². The molecule has 2 nitrogen and oxygen atoms in total. The van der Waals surface area contributed by atoms with Gasteiger partial charge >= 0.3 is 0 Å². The summed E-state index contributed by atoms with van der Waals surface area (Å²) in [6.07, 6.45) is 0. The number of halogens is 1. The van der Waals surface area contributed by atoms with Gasteiger partial charge in [-0.15, -0.1) is 0 Å². The van der Waals surface area contributed by atoms with Gasteiger partial charge in [-0.2, -0.15) is 0 Å². The minimum Gasteiger partial charge on any atom is -0.504 e. The van der Waals surface area contributed by atoms with Crippen molar-refractivity contribution in [2.24, 2.45) is 0 Å². The van der Waals surface area contributed by atoms with Gasteiger partial charge in [0, 0.05) is 10.8 Å². The summed E-state index contributed by atoms with van der Waals surface area (Å²) in [6, 6.07) is 10.8. The van der Waals surface area contributed by atoms with Crippen molar-refractivity contribution in [3.63, 3.8) is 0 Å². The van der Waals surface area contributed by atoms with Gasteiger partial charge in [-0.3, -0.25) is 0 Å². The topological polar surface area (TPSA) is 33.4 Å². The van der Waals surface area contributed by atoms with Crippen molar-refractivity contribution in [1.82, 2.24) is 0 Å². The number of hydrogen-bond donors (Lipinski definition) is 1. The van der Waals surface area contributed by atoms with Crippen LogP contribution in [0.2, 0.25) is 5.02 Å². The quantitative estimate of drug-likeness (QED) is 0.620. The van der Waals surface area contributed by atoms with Gasteiger partial charge < -0.3 is 9.52 Å². The standard InChI is InChI=1S/C12H7ClO2/c13-9-5-1-3-7-8-4-2-6-10(14)12(8)15-11(7)9/h1-6,14H. The van der Waals surface area contributed by atoms with E-state index in [2.05, 4.69) is 0 Å². The highest BCUT2D eigenvalue weighted by Gasteiger charge is 2.11. The highest BCUT2D eigenvalue weighted by atomic mass is 35.5. The first kappa shape index (κ1) is 8.62. The fourth-order valence-corrected chi connectivity index (χ4v) is 1.98. The molecule has 0 aliphatic heterocycles. The fourth-order valence-electron chi connectivity index (χ4n) is 1.77. The van der Waals surface area contributed by atoms with Crippen molar-refractivity contribution in [1.29, 1.82) is 0 Å². The lowest BCUT2D eigenvalue weighted by Gasteiger charge is -1.90. The van der Waals surface area contributed by atoms with Crippen molar-refractivity contribution in [2.75, 3.05) is 0 Å². The zero-order valence-electron chi connectivity index (χ0n) is 7.70. The van der Waals surface area contributed by atoms with E-state index in [1.54, 1.807) is 18.2 Å². The van der Waals surface area contributed by atoms with E-state index in [0.717, 1.165) is 10.8 Å². The normalized spacial score (nSPS) is 11.3. The molecule has 0 unspecified atom stereocenters. The van der Waals surface area contributed by atoms with Crippen molar-refractivity contribution in [3.05, 3.63) is 41.4 Å². The van der Waals surface area contributed by atoms with E-state index >= 15 is 0 Å². The lowest BCUT2D eigenvalue weighted by molar-refractivity contribution is 0.469. The SMILES string of the molecule is Oc1cccc2c1oc1c(Cl)cccc12. The van der Waals surface area contributed by atoms with E-state index in [-0.39, 0.29) is 5.75 Å². The van der Waals surface area contributed by atoms with Gasteiger partial charge in [-0.1, -0.05) is 35.9 Å². The second kappa shape index (κ2) is 2.91.